The molecule has 1 saturated heterocycles. The second-order valence-corrected chi connectivity index (χ2v) is 5.12. The van der Waals surface area contributed by atoms with Crippen LogP contribution >= 0.6 is 23.2 Å². The summed E-state index contributed by atoms with van der Waals surface area (Å²) in [6, 6.07) is 4.82. The minimum Gasteiger partial charge on any atom is -0.396 e. The summed E-state index contributed by atoms with van der Waals surface area (Å²) in [5.41, 5.74) is 0.501. The molecule has 1 atom stereocenters. The highest BCUT2D eigenvalue weighted by molar-refractivity contribution is 6.35. The maximum Gasteiger partial charge on any atom is 0.253 e. The highest BCUT2D eigenvalue weighted by atomic mass is 35.5. The van der Waals surface area contributed by atoms with Crippen LogP contribution in [0, 0.1) is 5.92 Å². The molecule has 17 heavy (non-hydrogen) atoms. The SMILES string of the molecule is O=C(c1cc(Cl)cc(Cl)c1)N1CCC(CO)C1. The number of aliphatic hydroxyl groups is 1. The first-order valence-electron chi connectivity index (χ1n) is 5.46. The number of aliphatic hydroxyl groups excluding tert-OH is 1. The first kappa shape index (κ1) is 12.7. The molecule has 0 spiro atoms. The Morgan fingerprint density at radius 3 is 2.53 bits per heavy atom. The van der Waals surface area contributed by atoms with Gasteiger partial charge in [0.2, 0.25) is 0 Å². The molecule has 1 aromatic carbocycles. The van der Waals surface area contributed by atoms with Crippen LogP contribution in [0.2, 0.25) is 10.0 Å². The molecule has 3 nitrogen and oxygen atoms in total. The predicted molar refractivity (Wildman–Crippen MR) is 67.6 cm³/mol. The fourth-order valence-electron chi connectivity index (χ4n) is 2.03. The smallest absolute Gasteiger partial charge is 0.253 e. The average molecular weight is 274 g/mol. The van der Waals surface area contributed by atoms with Gasteiger partial charge < -0.3 is 10.0 Å². The highest BCUT2D eigenvalue weighted by Gasteiger charge is 2.26. The van der Waals surface area contributed by atoms with Crippen LogP contribution in [0.1, 0.15) is 16.8 Å². The minimum atomic E-state index is -0.0784. The number of carbonyl (C=O) groups excluding carboxylic acids is 1. The highest BCUT2D eigenvalue weighted by Crippen LogP contribution is 2.23. The van der Waals surface area contributed by atoms with E-state index in [1.807, 2.05) is 0 Å². The summed E-state index contributed by atoms with van der Waals surface area (Å²) < 4.78 is 0. The summed E-state index contributed by atoms with van der Waals surface area (Å²) >= 11 is 11.7. The van der Waals surface area contributed by atoms with Crippen molar-refractivity contribution in [3.63, 3.8) is 0 Å². The summed E-state index contributed by atoms with van der Waals surface area (Å²) in [5.74, 6) is 0.110. The predicted octanol–water partition coefficient (Wildman–Crippen LogP) is 2.45. The molecule has 1 unspecified atom stereocenters. The first-order chi connectivity index (χ1) is 8.10. The zero-order chi connectivity index (χ0) is 12.4. The quantitative estimate of drug-likeness (QED) is 0.899. The van der Waals surface area contributed by atoms with E-state index in [9.17, 15) is 4.79 Å². The van der Waals surface area contributed by atoms with E-state index in [0.29, 0.717) is 28.7 Å². The third kappa shape index (κ3) is 2.92. The van der Waals surface area contributed by atoms with Gasteiger partial charge in [-0.25, -0.2) is 0 Å². The Kier molecular flexibility index (Phi) is 3.92. The standard InChI is InChI=1S/C12H13Cl2NO2/c13-10-3-9(4-11(14)5-10)12(17)15-2-1-8(6-15)7-16/h3-5,8,16H,1-2,6-7H2. The Labute approximate surface area is 110 Å². The van der Waals surface area contributed by atoms with E-state index in [4.69, 9.17) is 28.3 Å². The van der Waals surface area contributed by atoms with Crippen molar-refractivity contribution in [1.82, 2.24) is 4.90 Å². The van der Waals surface area contributed by atoms with E-state index < -0.39 is 0 Å². The van der Waals surface area contributed by atoms with E-state index in [0.717, 1.165) is 6.42 Å². The lowest BCUT2D eigenvalue weighted by molar-refractivity contribution is 0.0782. The molecule has 92 valence electrons. The zero-order valence-corrected chi connectivity index (χ0v) is 10.7. The van der Waals surface area contributed by atoms with Crippen molar-refractivity contribution >= 4 is 29.1 Å². The number of rotatable bonds is 2. The van der Waals surface area contributed by atoms with Gasteiger partial charge in [-0.05, 0) is 24.6 Å². The van der Waals surface area contributed by atoms with Gasteiger partial charge in [0.05, 0.1) is 0 Å². The van der Waals surface area contributed by atoms with Crippen LogP contribution < -0.4 is 0 Å². The molecule has 0 saturated carbocycles. The monoisotopic (exact) mass is 273 g/mol. The van der Waals surface area contributed by atoms with E-state index >= 15 is 0 Å². The second kappa shape index (κ2) is 5.25. The molecule has 0 aliphatic carbocycles. The van der Waals surface area contributed by atoms with Crippen LogP contribution in [0.3, 0.4) is 0 Å². The molecule has 1 fully saturated rings. The first-order valence-corrected chi connectivity index (χ1v) is 6.22. The number of halogens is 2. The van der Waals surface area contributed by atoms with Gasteiger partial charge in [-0.2, -0.15) is 0 Å². The number of hydrogen-bond acceptors (Lipinski definition) is 2. The summed E-state index contributed by atoms with van der Waals surface area (Å²) in [6.45, 7) is 1.40. The van der Waals surface area contributed by atoms with Gasteiger partial charge in [0.1, 0.15) is 0 Å². The lowest BCUT2D eigenvalue weighted by Gasteiger charge is -2.16. The van der Waals surface area contributed by atoms with E-state index in [1.165, 1.54) is 0 Å². The minimum absolute atomic E-state index is 0.0784. The molecular weight excluding hydrogens is 261 g/mol. The van der Waals surface area contributed by atoms with Gasteiger partial charge in [-0.3, -0.25) is 4.79 Å². The Morgan fingerprint density at radius 1 is 1.35 bits per heavy atom. The number of carbonyl (C=O) groups is 1. The molecular formula is C12H13Cl2NO2. The van der Waals surface area contributed by atoms with Crippen molar-refractivity contribution in [2.75, 3.05) is 19.7 Å². The number of likely N-dealkylation sites (tertiary alicyclic amines) is 1. The molecule has 2 rings (SSSR count). The molecule has 5 heteroatoms. The van der Waals surface area contributed by atoms with Gasteiger partial charge in [0.15, 0.2) is 0 Å². The molecule has 0 aromatic heterocycles. The van der Waals surface area contributed by atoms with Crippen molar-refractivity contribution < 1.29 is 9.90 Å². The van der Waals surface area contributed by atoms with Gasteiger partial charge in [0, 0.05) is 41.2 Å². The van der Waals surface area contributed by atoms with Crippen LogP contribution in [-0.4, -0.2) is 35.6 Å². The average Bonchev–Trinajstić information content (AvgIpc) is 2.75. The van der Waals surface area contributed by atoms with Crippen molar-refractivity contribution in [3.05, 3.63) is 33.8 Å². The van der Waals surface area contributed by atoms with E-state index in [-0.39, 0.29) is 18.4 Å². The second-order valence-electron chi connectivity index (χ2n) is 4.25. The maximum absolute atomic E-state index is 12.1. The topological polar surface area (TPSA) is 40.5 Å². The van der Waals surface area contributed by atoms with Gasteiger partial charge in [-0.15, -0.1) is 0 Å². The molecule has 1 aromatic rings. The Balaban J connectivity index is 2.14. The van der Waals surface area contributed by atoms with Crippen LogP contribution in [0.5, 0.6) is 0 Å². The van der Waals surface area contributed by atoms with E-state index in [2.05, 4.69) is 0 Å². The van der Waals surface area contributed by atoms with Crippen molar-refractivity contribution in [1.29, 1.82) is 0 Å². The van der Waals surface area contributed by atoms with Gasteiger partial charge >= 0.3 is 0 Å². The molecule has 0 bridgehead atoms. The molecule has 0 radical (unpaired) electrons. The Morgan fingerprint density at radius 2 is 2.00 bits per heavy atom. The summed E-state index contributed by atoms with van der Waals surface area (Å²) in [4.78, 5) is 13.9. The van der Waals surface area contributed by atoms with E-state index in [1.54, 1.807) is 23.1 Å². The Hall–Kier alpha value is -0.770. The van der Waals surface area contributed by atoms with Crippen LogP contribution in [-0.2, 0) is 0 Å². The summed E-state index contributed by atoms with van der Waals surface area (Å²) in [6.07, 6.45) is 0.844. The number of amides is 1. The molecule has 1 amide bonds. The fraction of sp³-hybridized carbons (Fsp3) is 0.417. The Bertz CT molecular complexity index is 416. The number of hydrogen-bond donors (Lipinski definition) is 1. The lowest BCUT2D eigenvalue weighted by atomic mass is 10.1. The van der Waals surface area contributed by atoms with Crippen LogP contribution in [0.15, 0.2) is 18.2 Å². The van der Waals surface area contributed by atoms with Gasteiger partial charge in [-0.1, -0.05) is 23.2 Å². The van der Waals surface area contributed by atoms with Crippen molar-refractivity contribution in [3.8, 4) is 0 Å². The van der Waals surface area contributed by atoms with Gasteiger partial charge in [0.25, 0.3) is 5.91 Å². The fourth-order valence-corrected chi connectivity index (χ4v) is 2.55. The van der Waals surface area contributed by atoms with Crippen molar-refractivity contribution in [2.45, 2.75) is 6.42 Å². The third-order valence-electron chi connectivity index (χ3n) is 2.94. The van der Waals surface area contributed by atoms with Crippen LogP contribution in [0.25, 0.3) is 0 Å². The maximum atomic E-state index is 12.1. The molecule has 1 aliphatic heterocycles. The zero-order valence-electron chi connectivity index (χ0n) is 9.20. The van der Waals surface area contributed by atoms with Crippen molar-refractivity contribution in [2.24, 2.45) is 5.92 Å². The summed E-state index contributed by atoms with van der Waals surface area (Å²) in [7, 11) is 0. The summed E-state index contributed by atoms with van der Waals surface area (Å²) in [5, 5.41) is 9.96. The third-order valence-corrected chi connectivity index (χ3v) is 3.38. The molecule has 1 aliphatic rings. The number of benzene rings is 1. The number of nitrogens with zero attached hydrogens (tertiary/aromatic N) is 1. The molecule has 1 heterocycles. The largest absolute Gasteiger partial charge is 0.396 e. The normalized spacial score (nSPS) is 19.7. The molecule has 1 N–H and O–H groups in total. The lowest BCUT2D eigenvalue weighted by Crippen LogP contribution is -2.29. The van der Waals surface area contributed by atoms with Crippen LogP contribution in [0.4, 0.5) is 0 Å².